The van der Waals surface area contributed by atoms with E-state index in [-0.39, 0.29) is 18.7 Å². The van der Waals surface area contributed by atoms with Crippen molar-refractivity contribution in [2.45, 2.75) is 45.3 Å². The van der Waals surface area contributed by atoms with Crippen LogP contribution >= 0.6 is 11.3 Å². The molecule has 3 heterocycles. The van der Waals surface area contributed by atoms with Crippen molar-refractivity contribution >= 4 is 51.7 Å². The molecule has 3 N–H and O–H groups in total. The first-order chi connectivity index (χ1) is 17.0. The van der Waals surface area contributed by atoms with Crippen LogP contribution in [-0.4, -0.2) is 49.8 Å². The number of amides is 1. The molecule has 1 aromatic carbocycles. The molecule has 0 atom stereocenters. The number of nitrogens with one attached hydrogen (secondary N) is 1. The van der Waals surface area contributed by atoms with E-state index >= 15 is 0 Å². The van der Waals surface area contributed by atoms with Gasteiger partial charge < -0.3 is 20.7 Å². The minimum atomic E-state index is -0.372. The Morgan fingerprint density at radius 3 is 2.71 bits per heavy atom. The number of aromatic nitrogens is 1. The van der Waals surface area contributed by atoms with Crippen LogP contribution in [0.1, 0.15) is 42.2 Å². The van der Waals surface area contributed by atoms with Crippen molar-refractivity contribution in [3.63, 3.8) is 0 Å². The highest BCUT2D eigenvalue weighted by Gasteiger charge is 2.25. The Morgan fingerprint density at radius 2 is 2.06 bits per heavy atom. The van der Waals surface area contributed by atoms with Crippen LogP contribution in [-0.2, 0) is 17.8 Å². The number of ether oxygens (including phenoxy) is 1. The van der Waals surface area contributed by atoms with Gasteiger partial charge in [-0.25, -0.2) is 9.78 Å². The number of nitrogens with zero attached hydrogens (tertiary/aromatic N) is 4. The topological polar surface area (TPSA) is 105 Å². The standard InChI is InChI=1S/C26H32N6O2S/c1-4-8-18-15-20(31-25-21(18)22(28-2)23(35-25)24(27)29-3)32-13-11-19(12-14-32)30-26(33)34-16-17-9-6-5-7-10-17/h5-7,9-10,15,19H,2,4,8,11-14,16H2,1,3H3,(H2,27,29)(H,30,33). The Hall–Kier alpha value is -3.46. The summed E-state index contributed by atoms with van der Waals surface area (Å²) in [6.07, 6.45) is 3.21. The minimum Gasteiger partial charge on any atom is -0.445 e. The van der Waals surface area contributed by atoms with Gasteiger partial charge in [-0.15, -0.1) is 11.3 Å². The average molecular weight is 493 g/mol. The summed E-state index contributed by atoms with van der Waals surface area (Å²) in [4.78, 5) is 29.6. The number of fused-ring (bicyclic) bond motifs is 1. The first-order valence-electron chi connectivity index (χ1n) is 11.9. The zero-order chi connectivity index (χ0) is 24.8. The lowest BCUT2D eigenvalue weighted by molar-refractivity contribution is 0.134. The van der Waals surface area contributed by atoms with E-state index in [9.17, 15) is 4.79 Å². The van der Waals surface area contributed by atoms with Crippen LogP contribution < -0.4 is 16.0 Å². The maximum atomic E-state index is 12.2. The smallest absolute Gasteiger partial charge is 0.407 e. The van der Waals surface area contributed by atoms with Crippen molar-refractivity contribution in [3.8, 4) is 0 Å². The van der Waals surface area contributed by atoms with E-state index < -0.39 is 0 Å². The molecule has 1 aliphatic rings. The van der Waals surface area contributed by atoms with Crippen LogP contribution in [0.5, 0.6) is 0 Å². The zero-order valence-electron chi connectivity index (χ0n) is 20.3. The maximum absolute atomic E-state index is 12.2. The SMILES string of the molecule is C=Nc1c(C(N)=NC)sc2nc(N3CCC(NC(=O)OCc4ccccc4)CC3)cc(CCC)c12. The molecule has 35 heavy (non-hydrogen) atoms. The largest absolute Gasteiger partial charge is 0.445 e. The van der Waals surface area contributed by atoms with Gasteiger partial charge in [0.25, 0.3) is 0 Å². The summed E-state index contributed by atoms with van der Waals surface area (Å²) >= 11 is 1.51. The number of piperidine rings is 1. The van der Waals surface area contributed by atoms with Gasteiger partial charge in [-0.1, -0.05) is 43.7 Å². The van der Waals surface area contributed by atoms with E-state index in [0.29, 0.717) is 5.84 Å². The number of hydrogen-bond acceptors (Lipinski definition) is 7. The lowest BCUT2D eigenvalue weighted by atomic mass is 10.0. The lowest BCUT2D eigenvalue weighted by Crippen LogP contribution is -2.45. The molecule has 184 valence electrons. The van der Waals surface area contributed by atoms with Gasteiger partial charge in [0.2, 0.25) is 0 Å². The predicted octanol–water partition coefficient (Wildman–Crippen LogP) is 4.81. The van der Waals surface area contributed by atoms with E-state index in [1.165, 1.54) is 16.9 Å². The number of pyridine rings is 1. The molecule has 0 radical (unpaired) electrons. The highest BCUT2D eigenvalue weighted by Crippen LogP contribution is 2.41. The van der Waals surface area contributed by atoms with E-state index in [2.05, 4.69) is 39.9 Å². The van der Waals surface area contributed by atoms with Crippen LogP contribution in [0.4, 0.5) is 16.3 Å². The Labute approximate surface area is 209 Å². The number of nitrogens with two attached hydrogens (primary N) is 1. The molecular formula is C26H32N6O2S. The Balaban J connectivity index is 1.44. The maximum Gasteiger partial charge on any atom is 0.407 e. The van der Waals surface area contributed by atoms with Gasteiger partial charge in [-0.05, 0) is 43.2 Å². The lowest BCUT2D eigenvalue weighted by Gasteiger charge is -2.33. The second kappa shape index (κ2) is 11.3. The molecule has 4 rings (SSSR count). The van der Waals surface area contributed by atoms with Crippen molar-refractivity contribution in [3.05, 3.63) is 52.4 Å². The van der Waals surface area contributed by atoms with Gasteiger partial charge in [0.05, 0.1) is 10.6 Å². The average Bonchev–Trinajstić information content (AvgIpc) is 3.27. The number of anilines is 1. The first-order valence-corrected chi connectivity index (χ1v) is 12.7. The van der Waals surface area contributed by atoms with Gasteiger partial charge in [-0.2, -0.15) is 0 Å². The minimum absolute atomic E-state index is 0.0823. The fourth-order valence-corrected chi connectivity index (χ4v) is 5.50. The van der Waals surface area contributed by atoms with Crippen molar-refractivity contribution in [1.29, 1.82) is 0 Å². The van der Waals surface area contributed by atoms with Crippen LogP contribution in [0.3, 0.4) is 0 Å². The summed E-state index contributed by atoms with van der Waals surface area (Å²) in [7, 11) is 1.67. The third-order valence-electron chi connectivity index (χ3n) is 6.21. The number of aryl methyl sites for hydroxylation is 1. The van der Waals surface area contributed by atoms with E-state index in [1.807, 2.05) is 30.3 Å². The summed E-state index contributed by atoms with van der Waals surface area (Å²) in [6.45, 7) is 7.81. The Bertz CT molecular complexity index is 1220. The fraction of sp³-hybridized carbons (Fsp3) is 0.385. The van der Waals surface area contributed by atoms with Crippen LogP contribution in [0.2, 0.25) is 0 Å². The Morgan fingerprint density at radius 1 is 1.31 bits per heavy atom. The molecule has 0 unspecified atom stereocenters. The number of carbonyl (C=O) groups excluding carboxylic acids is 1. The molecule has 1 fully saturated rings. The summed E-state index contributed by atoms with van der Waals surface area (Å²) in [6, 6.07) is 11.9. The van der Waals surface area contributed by atoms with Gasteiger partial charge >= 0.3 is 6.09 Å². The molecule has 0 saturated carbocycles. The number of rotatable bonds is 8. The van der Waals surface area contributed by atoms with Gasteiger partial charge in [0, 0.05) is 31.6 Å². The van der Waals surface area contributed by atoms with E-state index in [1.54, 1.807) is 7.05 Å². The van der Waals surface area contributed by atoms with Gasteiger partial charge in [-0.3, -0.25) is 9.98 Å². The summed E-state index contributed by atoms with van der Waals surface area (Å²) in [5, 5.41) is 4.03. The molecule has 0 aliphatic carbocycles. The van der Waals surface area contributed by atoms with Gasteiger partial charge in [0.15, 0.2) is 0 Å². The molecule has 9 heteroatoms. The molecule has 0 spiro atoms. The summed E-state index contributed by atoms with van der Waals surface area (Å²) < 4.78 is 5.38. The number of thiophene rings is 1. The molecule has 1 aliphatic heterocycles. The zero-order valence-corrected chi connectivity index (χ0v) is 21.1. The summed E-state index contributed by atoms with van der Waals surface area (Å²) in [5.74, 6) is 1.40. The number of benzene rings is 1. The Kier molecular flexibility index (Phi) is 7.97. The molecular weight excluding hydrogens is 460 g/mol. The second-order valence-corrected chi connectivity index (χ2v) is 9.58. The number of alkyl carbamates (subject to hydrolysis) is 1. The van der Waals surface area contributed by atoms with E-state index in [0.717, 1.165) is 70.9 Å². The molecule has 1 amide bonds. The normalized spacial score (nSPS) is 14.8. The highest BCUT2D eigenvalue weighted by atomic mass is 32.1. The van der Waals surface area contributed by atoms with Crippen LogP contribution in [0, 0.1) is 0 Å². The van der Waals surface area contributed by atoms with Gasteiger partial charge in [0.1, 0.15) is 23.1 Å². The molecule has 1 saturated heterocycles. The molecule has 3 aromatic rings. The van der Waals surface area contributed by atoms with Crippen LogP contribution in [0.15, 0.2) is 46.4 Å². The van der Waals surface area contributed by atoms with Crippen molar-refractivity contribution in [2.24, 2.45) is 15.7 Å². The monoisotopic (exact) mass is 492 g/mol. The molecule has 8 nitrogen and oxygen atoms in total. The third kappa shape index (κ3) is 5.62. The predicted molar refractivity (Wildman–Crippen MR) is 144 cm³/mol. The van der Waals surface area contributed by atoms with Crippen LogP contribution in [0.25, 0.3) is 10.2 Å². The molecule has 0 bridgehead atoms. The molecule has 2 aromatic heterocycles. The van der Waals surface area contributed by atoms with Crippen molar-refractivity contribution < 1.29 is 9.53 Å². The quantitative estimate of drug-likeness (QED) is 0.347. The van der Waals surface area contributed by atoms with Crippen molar-refractivity contribution in [1.82, 2.24) is 10.3 Å². The van der Waals surface area contributed by atoms with Crippen molar-refractivity contribution in [2.75, 3.05) is 25.0 Å². The first kappa shape index (κ1) is 24.7. The fourth-order valence-electron chi connectivity index (χ4n) is 4.38. The number of hydrogen-bond donors (Lipinski definition) is 2. The van der Waals surface area contributed by atoms with E-state index in [4.69, 9.17) is 15.5 Å². The highest BCUT2D eigenvalue weighted by molar-refractivity contribution is 7.21. The number of carbonyl (C=O) groups is 1. The number of aliphatic imine (C=N–C) groups is 2. The second-order valence-electron chi connectivity index (χ2n) is 8.58. The third-order valence-corrected chi connectivity index (χ3v) is 7.31. The summed E-state index contributed by atoms with van der Waals surface area (Å²) in [5.41, 5.74) is 9.08. The number of amidine groups is 1.